The molecule has 20 heavy (non-hydrogen) atoms. The van der Waals surface area contributed by atoms with Crippen LogP contribution in [0.4, 0.5) is 0 Å². The smallest absolute Gasteiger partial charge is 0.227 e. The number of nitrogens with one attached hydrogen (secondary N) is 1. The van der Waals surface area contributed by atoms with E-state index < -0.39 is 0 Å². The number of hydrogen-bond acceptors (Lipinski definition) is 5. The van der Waals surface area contributed by atoms with Crippen LogP contribution in [0.3, 0.4) is 0 Å². The minimum absolute atomic E-state index is 0.176. The third-order valence-corrected chi connectivity index (χ3v) is 4.60. The first-order valence-corrected chi connectivity index (χ1v) is 7.92. The van der Waals surface area contributed by atoms with Crippen LogP contribution in [0.25, 0.3) is 0 Å². The van der Waals surface area contributed by atoms with E-state index in [1.807, 2.05) is 6.92 Å². The predicted molar refractivity (Wildman–Crippen MR) is 75.5 cm³/mol. The lowest BCUT2D eigenvalue weighted by molar-refractivity contribution is -0.109. The maximum absolute atomic E-state index is 6.12. The van der Waals surface area contributed by atoms with Crippen molar-refractivity contribution < 1.29 is 9.26 Å². The quantitative estimate of drug-likeness (QED) is 0.917. The third kappa shape index (κ3) is 3.38. The molecule has 2 heterocycles. The van der Waals surface area contributed by atoms with Crippen LogP contribution in [-0.4, -0.2) is 34.9 Å². The van der Waals surface area contributed by atoms with E-state index in [-0.39, 0.29) is 5.60 Å². The molecule has 1 atom stereocenters. The van der Waals surface area contributed by atoms with Crippen LogP contribution in [0.5, 0.6) is 0 Å². The Balaban J connectivity index is 1.45. The van der Waals surface area contributed by atoms with Crippen molar-refractivity contribution in [3.05, 3.63) is 11.7 Å². The van der Waals surface area contributed by atoms with Gasteiger partial charge in [0, 0.05) is 25.6 Å². The van der Waals surface area contributed by atoms with Gasteiger partial charge in [0.2, 0.25) is 5.89 Å². The van der Waals surface area contributed by atoms with Gasteiger partial charge in [-0.15, -0.1) is 0 Å². The summed E-state index contributed by atoms with van der Waals surface area (Å²) in [6.45, 7) is 3.66. The summed E-state index contributed by atoms with van der Waals surface area (Å²) in [7, 11) is 0. The molecule has 1 aromatic rings. The van der Waals surface area contributed by atoms with Crippen molar-refractivity contribution in [2.75, 3.05) is 13.2 Å². The molecule has 5 nitrogen and oxygen atoms in total. The molecule has 0 amide bonds. The van der Waals surface area contributed by atoms with Crippen LogP contribution in [-0.2, 0) is 11.2 Å². The van der Waals surface area contributed by atoms with Crippen LogP contribution in [0.15, 0.2) is 4.52 Å². The second-order valence-electron chi connectivity index (χ2n) is 6.22. The van der Waals surface area contributed by atoms with E-state index in [9.17, 15) is 0 Å². The molecule has 0 radical (unpaired) electrons. The highest BCUT2D eigenvalue weighted by Crippen LogP contribution is 2.38. The summed E-state index contributed by atoms with van der Waals surface area (Å²) in [4.78, 5) is 4.23. The molecule has 0 aromatic carbocycles. The average molecular weight is 279 g/mol. The second kappa shape index (κ2) is 6.22. The number of ether oxygens (including phenoxy) is 1. The van der Waals surface area contributed by atoms with Crippen LogP contribution < -0.4 is 5.32 Å². The number of rotatable bonds is 4. The fraction of sp³-hybridized carbons (Fsp3) is 0.867. The minimum atomic E-state index is 0.176. The highest BCUT2D eigenvalue weighted by atomic mass is 16.5. The van der Waals surface area contributed by atoms with Crippen LogP contribution in [0.2, 0.25) is 0 Å². The molecule has 1 aliphatic heterocycles. The largest absolute Gasteiger partial charge is 0.375 e. The lowest BCUT2D eigenvalue weighted by Crippen LogP contribution is -2.48. The van der Waals surface area contributed by atoms with Gasteiger partial charge in [-0.3, -0.25) is 0 Å². The molecular weight excluding hydrogens is 254 g/mol. The zero-order valence-electron chi connectivity index (χ0n) is 12.4. The van der Waals surface area contributed by atoms with Gasteiger partial charge in [0.25, 0.3) is 0 Å². The summed E-state index contributed by atoms with van der Waals surface area (Å²) in [6.07, 6.45) is 9.61. The standard InChI is InChI=1S/C15H25N3O2/c1-12-17-14(20-18-12)5-9-16-13-6-10-19-15(11-13)7-3-2-4-8-15/h13,16H,2-11H2,1H3. The van der Waals surface area contributed by atoms with E-state index in [1.54, 1.807) is 0 Å². The van der Waals surface area contributed by atoms with Gasteiger partial charge in [0.1, 0.15) is 0 Å². The van der Waals surface area contributed by atoms with Gasteiger partial charge in [-0.2, -0.15) is 4.98 Å². The normalized spacial score (nSPS) is 25.9. The molecule has 1 aliphatic carbocycles. The van der Waals surface area contributed by atoms with Gasteiger partial charge in [0.15, 0.2) is 5.82 Å². The Bertz CT molecular complexity index is 421. The number of nitrogens with zero attached hydrogens (tertiary/aromatic N) is 2. The summed E-state index contributed by atoms with van der Waals surface area (Å²) in [5.74, 6) is 1.45. The van der Waals surface area contributed by atoms with Gasteiger partial charge < -0.3 is 14.6 Å². The van der Waals surface area contributed by atoms with Crippen LogP contribution in [0.1, 0.15) is 56.7 Å². The molecule has 1 spiro atoms. The maximum atomic E-state index is 6.12. The van der Waals surface area contributed by atoms with Crippen molar-refractivity contribution in [3.63, 3.8) is 0 Å². The lowest BCUT2D eigenvalue weighted by atomic mass is 9.78. The SMILES string of the molecule is Cc1noc(CCNC2CCOC3(CCCCC3)C2)n1. The molecule has 2 fully saturated rings. The van der Waals surface area contributed by atoms with Gasteiger partial charge >= 0.3 is 0 Å². The highest BCUT2D eigenvalue weighted by Gasteiger charge is 2.38. The molecule has 1 aromatic heterocycles. The van der Waals surface area contributed by atoms with Crippen molar-refractivity contribution >= 4 is 0 Å². The molecule has 1 unspecified atom stereocenters. The van der Waals surface area contributed by atoms with Gasteiger partial charge in [0.05, 0.1) is 5.60 Å². The summed E-state index contributed by atoms with van der Waals surface area (Å²) in [5, 5.41) is 7.46. The van der Waals surface area contributed by atoms with E-state index in [1.165, 1.54) is 32.1 Å². The van der Waals surface area contributed by atoms with Gasteiger partial charge in [-0.25, -0.2) is 0 Å². The first-order chi connectivity index (χ1) is 9.76. The molecule has 112 valence electrons. The van der Waals surface area contributed by atoms with Gasteiger partial charge in [-0.05, 0) is 32.6 Å². The molecular formula is C15H25N3O2. The van der Waals surface area contributed by atoms with E-state index in [2.05, 4.69) is 15.5 Å². The van der Waals surface area contributed by atoms with Crippen molar-refractivity contribution in [3.8, 4) is 0 Å². The first kappa shape index (κ1) is 14.0. The molecule has 1 N–H and O–H groups in total. The van der Waals surface area contributed by atoms with E-state index >= 15 is 0 Å². The van der Waals surface area contributed by atoms with Crippen LogP contribution >= 0.6 is 0 Å². The van der Waals surface area contributed by atoms with E-state index in [0.29, 0.717) is 11.9 Å². The van der Waals surface area contributed by atoms with Crippen molar-refractivity contribution in [2.45, 2.75) is 69.9 Å². The topological polar surface area (TPSA) is 60.2 Å². The Labute approximate surface area is 120 Å². The first-order valence-electron chi connectivity index (χ1n) is 7.92. The molecule has 2 aliphatic rings. The Hall–Kier alpha value is -0.940. The number of aryl methyl sites for hydroxylation is 1. The molecule has 1 saturated carbocycles. The molecule has 3 rings (SSSR count). The highest BCUT2D eigenvalue weighted by molar-refractivity contribution is 4.92. The van der Waals surface area contributed by atoms with Gasteiger partial charge in [-0.1, -0.05) is 24.4 Å². The van der Waals surface area contributed by atoms with E-state index in [0.717, 1.165) is 38.3 Å². The summed E-state index contributed by atoms with van der Waals surface area (Å²) >= 11 is 0. The van der Waals surface area contributed by atoms with Crippen LogP contribution in [0, 0.1) is 6.92 Å². The molecule has 5 heteroatoms. The minimum Gasteiger partial charge on any atom is -0.375 e. The Morgan fingerprint density at radius 2 is 2.15 bits per heavy atom. The summed E-state index contributed by atoms with van der Waals surface area (Å²) in [6, 6.07) is 0.575. The maximum Gasteiger partial charge on any atom is 0.227 e. The average Bonchev–Trinajstić information content (AvgIpc) is 2.86. The summed E-state index contributed by atoms with van der Waals surface area (Å²) < 4.78 is 11.3. The number of aromatic nitrogens is 2. The number of hydrogen-bond donors (Lipinski definition) is 1. The Kier molecular flexibility index (Phi) is 4.36. The monoisotopic (exact) mass is 279 g/mol. The fourth-order valence-corrected chi connectivity index (χ4v) is 3.57. The zero-order valence-corrected chi connectivity index (χ0v) is 12.4. The van der Waals surface area contributed by atoms with Crippen molar-refractivity contribution in [1.29, 1.82) is 0 Å². The molecule has 1 saturated heterocycles. The second-order valence-corrected chi connectivity index (χ2v) is 6.22. The Morgan fingerprint density at radius 1 is 1.30 bits per heavy atom. The van der Waals surface area contributed by atoms with Crippen molar-refractivity contribution in [1.82, 2.24) is 15.5 Å². The zero-order chi connectivity index (χ0) is 13.8. The lowest BCUT2D eigenvalue weighted by Gasteiger charge is -2.43. The van der Waals surface area contributed by atoms with Crippen molar-refractivity contribution in [2.24, 2.45) is 0 Å². The summed E-state index contributed by atoms with van der Waals surface area (Å²) in [5.41, 5.74) is 0.176. The van der Waals surface area contributed by atoms with E-state index in [4.69, 9.17) is 9.26 Å². The molecule has 0 bridgehead atoms. The Morgan fingerprint density at radius 3 is 2.90 bits per heavy atom. The fourth-order valence-electron chi connectivity index (χ4n) is 3.57. The third-order valence-electron chi connectivity index (χ3n) is 4.60. The predicted octanol–water partition coefficient (Wildman–Crippen LogP) is 2.39.